The van der Waals surface area contributed by atoms with E-state index in [0.717, 1.165) is 10.4 Å². The number of allylic oxidation sites excluding steroid dienone is 1. The maximum atomic E-state index is 13.0. The molecular weight excluding hydrogens is 406 g/mol. The molecule has 3 rings (SSSR count). The van der Waals surface area contributed by atoms with Gasteiger partial charge < -0.3 is 10.1 Å². The molecule has 0 bridgehead atoms. The summed E-state index contributed by atoms with van der Waals surface area (Å²) >= 11 is 2.72. The number of aromatic nitrogens is 2. The molecule has 0 saturated carbocycles. The van der Waals surface area contributed by atoms with Crippen LogP contribution < -0.4 is 10.9 Å². The molecule has 3 aromatic rings. The summed E-state index contributed by atoms with van der Waals surface area (Å²) in [6.07, 6.45) is 1.66. The van der Waals surface area contributed by atoms with Crippen molar-refractivity contribution in [3.05, 3.63) is 59.4 Å². The topological polar surface area (TPSA) is 73.2 Å². The van der Waals surface area contributed by atoms with Gasteiger partial charge in [0, 0.05) is 24.6 Å². The van der Waals surface area contributed by atoms with Crippen LogP contribution in [-0.4, -0.2) is 41.0 Å². The fourth-order valence-corrected chi connectivity index (χ4v) is 4.78. The van der Waals surface area contributed by atoms with Crippen LogP contribution in [0.1, 0.15) is 6.92 Å². The molecule has 0 aliphatic heterocycles. The molecule has 1 unspecified atom stereocenters. The van der Waals surface area contributed by atoms with Crippen LogP contribution in [0.5, 0.6) is 0 Å². The van der Waals surface area contributed by atoms with Gasteiger partial charge in [-0.2, -0.15) is 0 Å². The zero-order valence-electron chi connectivity index (χ0n) is 16.4. The summed E-state index contributed by atoms with van der Waals surface area (Å²) in [5.74, 6) is 0.0373. The number of nitrogens with one attached hydrogen (secondary N) is 1. The Hall–Kier alpha value is -2.42. The number of ether oxygens (including phenoxy) is 1. The molecule has 0 aliphatic carbocycles. The van der Waals surface area contributed by atoms with Gasteiger partial charge in [0.1, 0.15) is 4.83 Å². The summed E-state index contributed by atoms with van der Waals surface area (Å²) in [4.78, 5) is 31.6. The molecule has 0 radical (unpaired) electrons. The number of amides is 1. The zero-order chi connectivity index (χ0) is 20.8. The first kappa shape index (κ1) is 21.3. The van der Waals surface area contributed by atoms with Gasteiger partial charge in [-0.1, -0.05) is 48.2 Å². The molecule has 0 spiro atoms. The van der Waals surface area contributed by atoms with Gasteiger partial charge in [0.25, 0.3) is 5.56 Å². The highest BCUT2D eigenvalue weighted by molar-refractivity contribution is 7.99. The molecule has 0 fully saturated rings. The van der Waals surface area contributed by atoms with Crippen LogP contribution in [0.25, 0.3) is 20.7 Å². The van der Waals surface area contributed by atoms with Crippen LogP contribution in [0, 0.1) is 0 Å². The SMILES string of the molecule is C=CCn1c(SCC(=O)NC(C)COC)nc2sc(-c3ccccc3)cc2c1=O. The number of carbonyl (C=O) groups excluding carboxylic acids is 1. The van der Waals surface area contributed by atoms with Crippen LogP contribution in [0.15, 0.2) is 59.0 Å². The first-order valence-corrected chi connectivity index (χ1v) is 11.0. The second-order valence-corrected chi connectivity index (χ2v) is 8.48. The fraction of sp³-hybridized carbons (Fsp3) is 0.286. The number of benzene rings is 1. The maximum absolute atomic E-state index is 13.0. The Morgan fingerprint density at radius 3 is 2.86 bits per heavy atom. The normalized spacial score (nSPS) is 12.1. The largest absolute Gasteiger partial charge is 0.383 e. The predicted octanol–water partition coefficient (Wildman–Crippen LogP) is 3.55. The van der Waals surface area contributed by atoms with Gasteiger partial charge in [-0.3, -0.25) is 14.2 Å². The lowest BCUT2D eigenvalue weighted by atomic mass is 10.2. The molecule has 0 aliphatic rings. The Balaban J connectivity index is 1.90. The van der Waals surface area contributed by atoms with Crippen molar-refractivity contribution in [2.75, 3.05) is 19.5 Å². The fourth-order valence-electron chi connectivity index (χ4n) is 2.88. The molecule has 1 N–H and O–H groups in total. The summed E-state index contributed by atoms with van der Waals surface area (Å²) in [5.41, 5.74) is 0.926. The second-order valence-electron chi connectivity index (χ2n) is 6.51. The number of hydrogen-bond donors (Lipinski definition) is 1. The standard InChI is InChI=1S/C21H23N3O3S2/c1-4-10-24-20(26)16-11-17(15-8-6-5-7-9-15)29-19(16)23-21(24)28-13-18(25)22-14(2)12-27-3/h4-9,11,14H,1,10,12-13H2,2-3H3,(H,22,25). The molecule has 0 saturated heterocycles. The molecule has 1 atom stereocenters. The lowest BCUT2D eigenvalue weighted by Crippen LogP contribution is -2.36. The molecule has 8 heteroatoms. The van der Waals surface area contributed by atoms with E-state index < -0.39 is 0 Å². The quantitative estimate of drug-likeness (QED) is 0.320. The lowest BCUT2D eigenvalue weighted by molar-refractivity contribution is -0.119. The van der Waals surface area contributed by atoms with Gasteiger partial charge >= 0.3 is 0 Å². The highest BCUT2D eigenvalue weighted by Gasteiger charge is 2.16. The van der Waals surface area contributed by atoms with Crippen molar-refractivity contribution in [1.29, 1.82) is 0 Å². The second kappa shape index (κ2) is 9.87. The van der Waals surface area contributed by atoms with Gasteiger partial charge in [-0.25, -0.2) is 4.98 Å². The van der Waals surface area contributed by atoms with E-state index in [9.17, 15) is 9.59 Å². The third kappa shape index (κ3) is 5.14. The molecule has 6 nitrogen and oxygen atoms in total. The smallest absolute Gasteiger partial charge is 0.263 e. The minimum Gasteiger partial charge on any atom is -0.383 e. The van der Waals surface area contributed by atoms with Crippen LogP contribution in [0.2, 0.25) is 0 Å². The molecular formula is C21H23N3O3S2. The zero-order valence-corrected chi connectivity index (χ0v) is 18.0. The van der Waals surface area contributed by atoms with E-state index in [-0.39, 0.29) is 23.3 Å². The van der Waals surface area contributed by atoms with Crippen LogP contribution >= 0.6 is 23.1 Å². The lowest BCUT2D eigenvalue weighted by Gasteiger charge is -2.13. The third-order valence-electron chi connectivity index (χ3n) is 4.14. The summed E-state index contributed by atoms with van der Waals surface area (Å²) in [7, 11) is 1.59. The number of thioether (sulfide) groups is 1. The van der Waals surface area contributed by atoms with Gasteiger partial charge in [-0.05, 0) is 18.6 Å². The predicted molar refractivity (Wildman–Crippen MR) is 120 cm³/mol. The van der Waals surface area contributed by atoms with Crippen molar-refractivity contribution >= 4 is 39.2 Å². The van der Waals surface area contributed by atoms with Gasteiger partial charge in [0.2, 0.25) is 5.91 Å². The molecule has 2 aromatic heterocycles. The van der Waals surface area contributed by atoms with Crippen molar-refractivity contribution in [2.45, 2.75) is 24.7 Å². The number of hydrogen-bond acceptors (Lipinski definition) is 6. The number of nitrogens with zero attached hydrogens (tertiary/aromatic N) is 2. The van der Waals surface area contributed by atoms with E-state index in [2.05, 4.69) is 16.9 Å². The average Bonchev–Trinajstić information content (AvgIpc) is 3.14. The number of methoxy groups -OCH3 is 1. The van der Waals surface area contributed by atoms with Crippen molar-refractivity contribution in [3.8, 4) is 10.4 Å². The Morgan fingerprint density at radius 1 is 1.41 bits per heavy atom. The first-order chi connectivity index (χ1) is 14.0. The van der Waals surface area contributed by atoms with Crippen molar-refractivity contribution < 1.29 is 9.53 Å². The summed E-state index contributed by atoms with van der Waals surface area (Å²) in [6, 6.07) is 11.7. The van der Waals surface area contributed by atoms with Crippen LogP contribution in [-0.2, 0) is 16.1 Å². The molecule has 1 aromatic carbocycles. The Kier molecular flexibility index (Phi) is 7.24. The van der Waals surface area contributed by atoms with Crippen molar-refractivity contribution in [1.82, 2.24) is 14.9 Å². The monoisotopic (exact) mass is 429 g/mol. The molecule has 2 heterocycles. The van der Waals surface area contributed by atoms with E-state index >= 15 is 0 Å². The van der Waals surface area contributed by atoms with Gasteiger partial charge in [0.15, 0.2) is 5.16 Å². The number of fused-ring (bicyclic) bond motifs is 1. The van der Waals surface area contributed by atoms with E-state index in [0.29, 0.717) is 28.5 Å². The summed E-state index contributed by atoms with van der Waals surface area (Å²) in [6.45, 7) is 6.39. The van der Waals surface area contributed by atoms with E-state index in [1.807, 2.05) is 43.3 Å². The Morgan fingerprint density at radius 2 is 2.17 bits per heavy atom. The molecule has 29 heavy (non-hydrogen) atoms. The van der Waals surface area contributed by atoms with E-state index in [1.165, 1.54) is 23.1 Å². The maximum Gasteiger partial charge on any atom is 0.263 e. The van der Waals surface area contributed by atoms with Crippen LogP contribution in [0.4, 0.5) is 0 Å². The minimum atomic E-state index is -0.129. The highest BCUT2D eigenvalue weighted by atomic mass is 32.2. The minimum absolute atomic E-state index is 0.0790. The van der Waals surface area contributed by atoms with Gasteiger partial charge in [-0.15, -0.1) is 17.9 Å². The first-order valence-electron chi connectivity index (χ1n) is 9.15. The van der Waals surface area contributed by atoms with Crippen molar-refractivity contribution in [3.63, 3.8) is 0 Å². The Bertz CT molecular complexity index is 1060. The van der Waals surface area contributed by atoms with Crippen molar-refractivity contribution in [2.24, 2.45) is 0 Å². The van der Waals surface area contributed by atoms with Gasteiger partial charge in [0.05, 0.1) is 17.7 Å². The number of thiophene rings is 1. The summed E-state index contributed by atoms with van der Waals surface area (Å²) in [5, 5.41) is 3.96. The highest BCUT2D eigenvalue weighted by Crippen LogP contribution is 2.32. The van der Waals surface area contributed by atoms with Crippen LogP contribution in [0.3, 0.4) is 0 Å². The third-order valence-corrected chi connectivity index (χ3v) is 6.20. The van der Waals surface area contributed by atoms with E-state index in [4.69, 9.17) is 4.74 Å². The number of carbonyl (C=O) groups is 1. The van der Waals surface area contributed by atoms with E-state index in [1.54, 1.807) is 17.8 Å². The molecule has 1 amide bonds. The average molecular weight is 430 g/mol. The number of rotatable bonds is 9. The summed E-state index contributed by atoms with van der Waals surface area (Å²) < 4.78 is 6.59. The molecule has 152 valence electrons. The Labute approximate surface area is 177 Å².